The molecule has 4 N–H and O–H groups in total. The zero-order chi connectivity index (χ0) is 12.1. The molecule has 0 rings (SSSR count). The molecule has 0 heterocycles. The van der Waals surface area contributed by atoms with Gasteiger partial charge in [-0.25, -0.2) is 4.79 Å². The van der Waals surface area contributed by atoms with Crippen molar-refractivity contribution in [3.05, 3.63) is 0 Å². The second-order valence-electron chi connectivity index (χ2n) is 3.75. The van der Waals surface area contributed by atoms with Crippen molar-refractivity contribution in [2.24, 2.45) is 0 Å². The lowest BCUT2D eigenvalue weighted by molar-refractivity contribution is -0.143. The highest BCUT2D eigenvalue weighted by molar-refractivity contribution is 5.89. The molecule has 1 amide bonds. The van der Waals surface area contributed by atoms with Gasteiger partial charge < -0.3 is 20.8 Å². The Kier molecular flexibility index (Phi) is 5.24. The number of amides is 1. The predicted molar refractivity (Wildman–Crippen MR) is 54.4 cm³/mol. The topological polar surface area (TPSA) is 98.7 Å². The number of carbonyl (C=O) groups is 2. The third kappa shape index (κ3) is 4.26. The quantitative estimate of drug-likeness (QED) is 0.455. The number of aliphatic carboxylic acids is 1. The molecule has 88 valence electrons. The highest BCUT2D eigenvalue weighted by Gasteiger charge is 2.29. The smallest absolute Gasteiger partial charge is 0.326 e. The van der Waals surface area contributed by atoms with E-state index in [1.807, 2.05) is 0 Å². The van der Waals surface area contributed by atoms with Gasteiger partial charge in [0.1, 0.15) is 6.04 Å². The van der Waals surface area contributed by atoms with Gasteiger partial charge in [-0.05, 0) is 20.9 Å². The Balaban J connectivity index is 4.41. The fraction of sp³-hybridized carbons (Fsp3) is 0.778. The van der Waals surface area contributed by atoms with Gasteiger partial charge >= 0.3 is 5.97 Å². The maximum absolute atomic E-state index is 11.6. The second-order valence-corrected chi connectivity index (χ2v) is 3.75. The van der Waals surface area contributed by atoms with Crippen LogP contribution in [0.1, 0.15) is 20.3 Å². The molecule has 0 saturated carbocycles. The molecular formula is C9H18N2O4. The van der Waals surface area contributed by atoms with Crippen molar-refractivity contribution >= 4 is 11.9 Å². The van der Waals surface area contributed by atoms with Gasteiger partial charge in [0, 0.05) is 13.0 Å². The van der Waals surface area contributed by atoms with E-state index in [-0.39, 0.29) is 13.0 Å². The first kappa shape index (κ1) is 13.9. The summed E-state index contributed by atoms with van der Waals surface area (Å²) in [5, 5.41) is 22.5. The number of carbonyl (C=O) groups excluding carboxylic acids is 1. The molecule has 0 fully saturated rings. The van der Waals surface area contributed by atoms with Gasteiger partial charge in [0.2, 0.25) is 5.91 Å². The molecule has 0 aromatic rings. The Hall–Kier alpha value is -1.14. The molecule has 0 aromatic carbocycles. The van der Waals surface area contributed by atoms with E-state index in [1.54, 1.807) is 20.9 Å². The lowest BCUT2D eigenvalue weighted by atomic mass is 10.0. The average molecular weight is 218 g/mol. The van der Waals surface area contributed by atoms with Crippen LogP contribution in [-0.4, -0.2) is 47.3 Å². The standard InChI is InChI=1S/C9H18N2O4/c1-9(2,10-3)8(15)11-6(4-5-12)7(13)14/h6,10,12H,4-5H2,1-3H3,(H,11,15)(H,13,14)/t6-/m0/s1. The fourth-order valence-corrected chi connectivity index (χ4v) is 0.839. The van der Waals surface area contributed by atoms with Crippen LogP contribution in [0.3, 0.4) is 0 Å². The minimum Gasteiger partial charge on any atom is -0.480 e. The van der Waals surface area contributed by atoms with Crippen molar-refractivity contribution in [1.82, 2.24) is 10.6 Å². The summed E-state index contributed by atoms with van der Waals surface area (Å²) in [5.74, 6) is -1.56. The fourth-order valence-electron chi connectivity index (χ4n) is 0.839. The van der Waals surface area contributed by atoms with Crippen molar-refractivity contribution in [2.75, 3.05) is 13.7 Å². The maximum Gasteiger partial charge on any atom is 0.326 e. The Morgan fingerprint density at radius 3 is 2.27 bits per heavy atom. The summed E-state index contributed by atoms with van der Waals surface area (Å²) in [6.45, 7) is 3.00. The number of rotatable bonds is 6. The predicted octanol–water partition coefficient (Wildman–Crippen LogP) is -1.06. The van der Waals surface area contributed by atoms with E-state index in [2.05, 4.69) is 10.6 Å². The van der Waals surface area contributed by atoms with E-state index in [0.717, 1.165) is 0 Å². The van der Waals surface area contributed by atoms with Crippen molar-refractivity contribution in [2.45, 2.75) is 31.8 Å². The van der Waals surface area contributed by atoms with E-state index >= 15 is 0 Å². The summed E-state index contributed by atoms with van der Waals surface area (Å²) in [6, 6.07) is -1.05. The van der Waals surface area contributed by atoms with Crippen molar-refractivity contribution in [3.63, 3.8) is 0 Å². The molecule has 0 aromatic heterocycles. The number of hydrogen-bond acceptors (Lipinski definition) is 4. The molecule has 6 heteroatoms. The summed E-state index contributed by atoms with van der Waals surface area (Å²) in [6.07, 6.45) is 0.000861. The molecule has 0 bridgehead atoms. The maximum atomic E-state index is 11.6. The first-order valence-electron chi connectivity index (χ1n) is 4.68. The number of likely N-dealkylation sites (N-methyl/N-ethyl adjacent to an activating group) is 1. The Morgan fingerprint density at radius 2 is 1.93 bits per heavy atom. The second kappa shape index (κ2) is 5.67. The summed E-state index contributed by atoms with van der Waals surface area (Å²) in [7, 11) is 1.61. The monoisotopic (exact) mass is 218 g/mol. The van der Waals surface area contributed by atoms with Crippen LogP contribution in [-0.2, 0) is 9.59 Å². The van der Waals surface area contributed by atoms with Gasteiger partial charge in [-0.15, -0.1) is 0 Å². The third-order valence-electron chi connectivity index (χ3n) is 2.21. The summed E-state index contributed by atoms with van der Waals surface area (Å²) in [4.78, 5) is 22.3. The Labute approximate surface area is 88.7 Å². The lowest BCUT2D eigenvalue weighted by Gasteiger charge is -2.25. The van der Waals surface area contributed by atoms with Crippen LogP contribution < -0.4 is 10.6 Å². The summed E-state index contributed by atoms with van der Waals surface area (Å²) < 4.78 is 0. The SMILES string of the molecule is CNC(C)(C)C(=O)N[C@@H](CCO)C(=O)O. The number of hydrogen-bond donors (Lipinski definition) is 4. The van der Waals surface area contributed by atoms with E-state index in [4.69, 9.17) is 10.2 Å². The molecule has 6 nitrogen and oxygen atoms in total. The van der Waals surface area contributed by atoms with E-state index in [0.29, 0.717) is 0 Å². The average Bonchev–Trinajstić information content (AvgIpc) is 2.16. The van der Waals surface area contributed by atoms with Crippen LogP contribution in [0.25, 0.3) is 0 Å². The Morgan fingerprint density at radius 1 is 1.40 bits per heavy atom. The number of aliphatic hydroxyl groups excluding tert-OH is 1. The van der Waals surface area contributed by atoms with Gasteiger partial charge in [-0.2, -0.15) is 0 Å². The minimum absolute atomic E-state index is 0.000861. The van der Waals surface area contributed by atoms with Gasteiger partial charge in [-0.3, -0.25) is 4.79 Å². The molecule has 0 aliphatic carbocycles. The summed E-state index contributed by atoms with van der Waals surface area (Å²) in [5.41, 5.74) is -0.830. The van der Waals surface area contributed by atoms with Crippen LogP contribution >= 0.6 is 0 Å². The molecule has 0 aliphatic rings. The zero-order valence-corrected chi connectivity index (χ0v) is 9.20. The van der Waals surface area contributed by atoms with Crippen molar-refractivity contribution in [1.29, 1.82) is 0 Å². The van der Waals surface area contributed by atoms with Crippen LogP contribution in [0.5, 0.6) is 0 Å². The van der Waals surface area contributed by atoms with Gasteiger partial charge in [-0.1, -0.05) is 0 Å². The number of aliphatic hydroxyl groups is 1. The molecular weight excluding hydrogens is 200 g/mol. The Bertz CT molecular complexity index is 240. The normalized spacial score (nSPS) is 13.3. The molecule has 0 saturated heterocycles. The van der Waals surface area contributed by atoms with Crippen LogP contribution in [0, 0.1) is 0 Å². The molecule has 1 atom stereocenters. The first-order valence-corrected chi connectivity index (χ1v) is 4.68. The highest BCUT2D eigenvalue weighted by Crippen LogP contribution is 2.02. The van der Waals surface area contributed by atoms with Gasteiger partial charge in [0.05, 0.1) is 5.54 Å². The number of carboxylic acids is 1. The van der Waals surface area contributed by atoms with Crippen LogP contribution in [0.15, 0.2) is 0 Å². The van der Waals surface area contributed by atoms with Gasteiger partial charge in [0.25, 0.3) is 0 Å². The molecule has 15 heavy (non-hydrogen) atoms. The molecule has 0 aliphatic heterocycles. The van der Waals surface area contributed by atoms with E-state index < -0.39 is 23.5 Å². The van der Waals surface area contributed by atoms with Crippen molar-refractivity contribution in [3.8, 4) is 0 Å². The van der Waals surface area contributed by atoms with Crippen LogP contribution in [0.2, 0.25) is 0 Å². The van der Waals surface area contributed by atoms with Crippen LogP contribution in [0.4, 0.5) is 0 Å². The highest BCUT2D eigenvalue weighted by atomic mass is 16.4. The van der Waals surface area contributed by atoms with E-state index in [1.165, 1.54) is 0 Å². The van der Waals surface area contributed by atoms with E-state index in [9.17, 15) is 9.59 Å². The molecule has 0 unspecified atom stereocenters. The third-order valence-corrected chi connectivity index (χ3v) is 2.21. The zero-order valence-electron chi connectivity index (χ0n) is 9.20. The largest absolute Gasteiger partial charge is 0.480 e. The first-order chi connectivity index (χ1) is 6.85. The van der Waals surface area contributed by atoms with Crippen molar-refractivity contribution < 1.29 is 19.8 Å². The molecule has 0 spiro atoms. The number of carboxylic acid groups (broad SMARTS) is 1. The lowest BCUT2D eigenvalue weighted by Crippen LogP contribution is -2.55. The minimum atomic E-state index is -1.15. The van der Waals surface area contributed by atoms with Gasteiger partial charge in [0.15, 0.2) is 0 Å². The molecule has 0 radical (unpaired) electrons. The summed E-state index contributed by atoms with van der Waals surface area (Å²) >= 11 is 0. The number of nitrogens with one attached hydrogen (secondary N) is 2.